The van der Waals surface area contributed by atoms with Crippen LogP contribution in [0, 0.1) is 0 Å². The molecule has 1 aliphatic rings. The third-order valence-corrected chi connectivity index (χ3v) is 2.80. The maximum Gasteiger partial charge on any atom is 0.229 e. The zero-order valence-electron chi connectivity index (χ0n) is 8.14. The quantitative estimate of drug-likeness (QED) is 0.686. The SMILES string of the molecule is CSCC(=O)NCC[C@@H]1CCCN1. The molecule has 1 fully saturated rings. The summed E-state index contributed by atoms with van der Waals surface area (Å²) >= 11 is 1.56. The molecule has 1 heterocycles. The number of carbonyl (C=O) groups excluding carboxylic acids is 1. The summed E-state index contributed by atoms with van der Waals surface area (Å²) in [6.07, 6.45) is 5.56. The van der Waals surface area contributed by atoms with Crippen LogP contribution in [0.2, 0.25) is 0 Å². The van der Waals surface area contributed by atoms with E-state index in [0.29, 0.717) is 11.8 Å². The first kappa shape index (κ1) is 10.9. The standard InChI is InChI=1S/C9H18N2OS/c1-13-7-9(12)11-6-4-8-3-2-5-10-8/h8,10H,2-7H2,1H3,(H,11,12)/t8-/m0/s1. The smallest absolute Gasteiger partial charge is 0.229 e. The van der Waals surface area contributed by atoms with E-state index < -0.39 is 0 Å². The second-order valence-electron chi connectivity index (χ2n) is 3.36. The summed E-state index contributed by atoms with van der Waals surface area (Å²) in [5.41, 5.74) is 0. The van der Waals surface area contributed by atoms with Crippen LogP contribution >= 0.6 is 11.8 Å². The molecule has 1 saturated heterocycles. The molecule has 1 rings (SSSR count). The summed E-state index contributed by atoms with van der Waals surface area (Å²) in [6, 6.07) is 0.634. The molecule has 0 bridgehead atoms. The van der Waals surface area contributed by atoms with E-state index in [1.807, 2.05) is 6.26 Å². The molecular weight excluding hydrogens is 184 g/mol. The molecule has 0 spiro atoms. The van der Waals surface area contributed by atoms with Crippen LogP contribution in [0.15, 0.2) is 0 Å². The first-order valence-corrected chi connectivity index (χ1v) is 6.21. The lowest BCUT2D eigenvalue weighted by Crippen LogP contribution is -2.31. The number of carbonyl (C=O) groups is 1. The molecule has 1 atom stereocenters. The predicted octanol–water partition coefficient (Wildman–Crippen LogP) is 0.608. The van der Waals surface area contributed by atoms with E-state index in [2.05, 4.69) is 10.6 Å². The fraction of sp³-hybridized carbons (Fsp3) is 0.889. The number of nitrogens with one attached hydrogen (secondary N) is 2. The van der Waals surface area contributed by atoms with Crippen LogP contribution in [0.1, 0.15) is 19.3 Å². The Morgan fingerprint density at radius 3 is 3.15 bits per heavy atom. The van der Waals surface area contributed by atoms with Gasteiger partial charge in [-0.3, -0.25) is 4.79 Å². The number of hydrogen-bond acceptors (Lipinski definition) is 3. The van der Waals surface area contributed by atoms with E-state index >= 15 is 0 Å². The van der Waals surface area contributed by atoms with Crippen LogP contribution in [-0.2, 0) is 4.79 Å². The minimum atomic E-state index is 0.158. The number of hydrogen-bond donors (Lipinski definition) is 2. The second-order valence-corrected chi connectivity index (χ2v) is 4.23. The Hall–Kier alpha value is -0.220. The molecule has 2 N–H and O–H groups in total. The van der Waals surface area contributed by atoms with Crippen LogP contribution in [0.5, 0.6) is 0 Å². The predicted molar refractivity (Wildman–Crippen MR) is 57.0 cm³/mol. The highest BCUT2D eigenvalue weighted by atomic mass is 32.2. The summed E-state index contributed by atoms with van der Waals surface area (Å²) in [6.45, 7) is 1.96. The maximum atomic E-state index is 11.1. The Morgan fingerprint density at radius 2 is 2.54 bits per heavy atom. The first-order valence-electron chi connectivity index (χ1n) is 4.82. The summed E-state index contributed by atoms with van der Waals surface area (Å²) < 4.78 is 0. The van der Waals surface area contributed by atoms with E-state index in [1.54, 1.807) is 11.8 Å². The van der Waals surface area contributed by atoms with Gasteiger partial charge in [-0.05, 0) is 32.1 Å². The molecule has 0 aromatic rings. The summed E-state index contributed by atoms with van der Waals surface area (Å²) in [5.74, 6) is 0.739. The van der Waals surface area contributed by atoms with Gasteiger partial charge in [-0.15, -0.1) is 0 Å². The van der Waals surface area contributed by atoms with Gasteiger partial charge in [-0.25, -0.2) is 0 Å². The molecule has 1 aliphatic heterocycles. The largest absolute Gasteiger partial charge is 0.355 e. The Kier molecular flexibility index (Phi) is 5.23. The van der Waals surface area contributed by atoms with Crippen LogP contribution in [0.25, 0.3) is 0 Å². The Balaban J connectivity index is 1.96. The molecule has 4 heteroatoms. The van der Waals surface area contributed by atoms with Crippen molar-refractivity contribution < 1.29 is 4.79 Å². The molecule has 3 nitrogen and oxygen atoms in total. The lowest BCUT2D eigenvalue weighted by atomic mass is 10.1. The van der Waals surface area contributed by atoms with Crippen molar-refractivity contribution >= 4 is 17.7 Å². The zero-order valence-corrected chi connectivity index (χ0v) is 8.95. The molecular formula is C9H18N2OS. The Bertz CT molecular complexity index is 158. The Labute approximate surface area is 84.0 Å². The molecule has 0 unspecified atom stereocenters. The van der Waals surface area contributed by atoms with Gasteiger partial charge in [0.05, 0.1) is 5.75 Å². The van der Waals surface area contributed by atoms with Gasteiger partial charge in [-0.2, -0.15) is 11.8 Å². The van der Waals surface area contributed by atoms with E-state index in [-0.39, 0.29) is 5.91 Å². The van der Waals surface area contributed by atoms with Gasteiger partial charge in [0.1, 0.15) is 0 Å². The highest BCUT2D eigenvalue weighted by molar-refractivity contribution is 7.99. The van der Waals surface area contributed by atoms with Crippen LogP contribution < -0.4 is 10.6 Å². The normalized spacial score (nSPS) is 21.8. The molecule has 13 heavy (non-hydrogen) atoms. The van der Waals surface area contributed by atoms with E-state index in [1.165, 1.54) is 12.8 Å². The van der Waals surface area contributed by atoms with Gasteiger partial charge >= 0.3 is 0 Å². The van der Waals surface area contributed by atoms with Gasteiger partial charge in [0.25, 0.3) is 0 Å². The third-order valence-electron chi connectivity index (χ3n) is 2.25. The third kappa shape index (κ3) is 4.52. The van der Waals surface area contributed by atoms with Gasteiger partial charge < -0.3 is 10.6 Å². The topological polar surface area (TPSA) is 41.1 Å². The molecule has 0 radical (unpaired) electrons. The Morgan fingerprint density at radius 1 is 1.69 bits per heavy atom. The van der Waals surface area contributed by atoms with Crippen molar-refractivity contribution in [1.82, 2.24) is 10.6 Å². The van der Waals surface area contributed by atoms with Crippen molar-refractivity contribution in [1.29, 1.82) is 0 Å². The number of amides is 1. The van der Waals surface area contributed by atoms with E-state index in [9.17, 15) is 4.79 Å². The summed E-state index contributed by atoms with van der Waals surface area (Å²) in [4.78, 5) is 11.1. The minimum Gasteiger partial charge on any atom is -0.355 e. The summed E-state index contributed by atoms with van der Waals surface area (Å²) in [5, 5.41) is 6.32. The number of rotatable bonds is 5. The second kappa shape index (κ2) is 6.27. The van der Waals surface area contributed by atoms with Crippen molar-refractivity contribution in [3.05, 3.63) is 0 Å². The highest BCUT2D eigenvalue weighted by Crippen LogP contribution is 2.07. The van der Waals surface area contributed by atoms with Crippen molar-refractivity contribution in [2.24, 2.45) is 0 Å². The van der Waals surface area contributed by atoms with Gasteiger partial charge in [-0.1, -0.05) is 0 Å². The van der Waals surface area contributed by atoms with Crippen LogP contribution in [0.3, 0.4) is 0 Å². The highest BCUT2D eigenvalue weighted by Gasteiger charge is 2.13. The average Bonchev–Trinajstić information content (AvgIpc) is 2.57. The van der Waals surface area contributed by atoms with Gasteiger partial charge in [0.2, 0.25) is 5.91 Å². The molecule has 0 saturated carbocycles. The first-order chi connectivity index (χ1) is 6.33. The van der Waals surface area contributed by atoms with E-state index in [4.69, 9.17) is 0 Å². The van der Waals surface area contributed by atoms with Crippen molar-refractivity contribution in [3.63, 3.8) is 0 Å². The molecule has 0 aromatic carbocycles. The van der Waals surface area contributed by atoms with Crippen molar-refractivity contribution in [2.45, 2.75) is 25.3 Å². The molecule has 0 aliphatic carbocycles. The number of thioether (sulfide) groups is 1. The van der Waals surface area contributed by atoms with Gasteiger partial charge in [0, 0.05) is 12.6 Å². The average molecular weight is 202 g/mol. The molecule has 1 amide bonds. The lowest BCUT2D eigenvalue weighted by Gasteiger charge is -2.10. The van der Waals surface area contributed by atoms with Crippen LogP contribution in [0.4, 0.5) is 0 Å². The maximum absolute atomic E-state index is 11.1. The molecule has 0 aromatic heterocycles. The van der Waals surface area contributed by atoms with Crippen molar-refractivity contribution in [3.8, 4) is 0 Å². The lowest BCUT2D eigenvalue weighted by molar-refractivity contribution is -0.118. The van der Waals surface area contributed by atoms with Gasteiger partial charge in [0.15, 0.2) is 0 Å². The van der Waals surface area contributed by atoms with Crippen molar-refractivity contribution in [2.75, 3.05) is 25.1 Å². The monoisotopic (exact) mass is 202 g/mol. The van der Waals surface area contributed by atoms with Crippen LogP contribution in [-0.4, -0.2) is 37.0 Å². The molecule has 76 valence electrons. The minimum absolute atomic E-state index is 0.158. The fourth-order valence-electron chi connectivity index (χ4n) is 1.57. The fourth-order valence-corrected chi connectivity index (χ4v) is 1.94. The zero-order chi connectivity index (χ0) is 9.52. The summed E-state index contributed by atoms with van der Waals surface area (Å²) in [7, 11) is 0. The van der Waals surface area contributed by atoms with E-state index in [0.717, 1.165) is 19.5 Å².